The Bertz CT molecular complexity index is 1520. The number of nitrogens with one attached hydrogen (secondary N) is 1. The molecule has 2 aromatic carbocycles. The van der Waals surface area contributed by atoms with Crippen LogP contribution in [-0.2, 0) is 16.4 Å². The van der Waals surface area contributed by atoms with Crippen molar-refractivity contribution in [3.8, 4) is 11.8 Å². The molecule has 4 rings (SSSR count). The predicted octanol–water partition coefficient (Wildman–Crippen LogP) is 4.09. The number of rotatable bonds is 5. The van der Waals surface area contributed by atoms with Crippen molar-refractivity contribution < 1.29 is 18.3 Å². The molecule has 164 valence electrons. The lowest BCUT2D eigenvalue weighted by Crippen LogP contribution is -2.16. The van der Waals surface area contributed by atoms with Gasteiger partial charge in [-0.15, -0.1) is 0 Å². The van der Waals surface area contributed by atoms with Gasteiger partial charge in [-0.25, -0.2) is 18.2 Å². The summed E-state index contributed by atoms with van der Waals surface area (Å²) in [6.45, 7) is 1.90. The Hall–Kier alpha value is -4.22. The fraction of sp³-hybridized carbons (Fsp3) is 0.0800. The molecule has 33 heavy (non-hydrogen) atoms. The van der Waals surface area contributed by atoms with Gasteiger partial charge in [0, 0.05) is 28.9 Å². The molecule has 2 aromatic heterocycles. The van der Waals surface area contributed by atoms with Crippen LogP contribution >= 0.6 is 0 Å². The summed E-state index contributed by atoms with van der Waals surface area (Å²) in [5, 5.41) is 9.69. The van der Waals surface area contributed by atoms with Crippen molar-refractivity contribution >= 4 is 32.6 Å². The summed E-state index contributed by atoms with van der Waals surface area (Å²) in [6, 6.07) is 17.0. The zero-order valence-electron chi connectivity index (χ0n) is 17.6. The van der Waals surface area contributed by atoms with E-state index in [-0.39, 0.29) is 10.6 Å². The van der Waals surface area contributed by atoms with Crippen molar-refractivity contribution in [2.75, 3.05) is 4.72 Å². The molecule has 0 fully saturated rings. The first-order valence-corrected chi connectivity index (χ1v) is 11.6. The fourth-order valence-corrected chi connectivity index (χ4v) is 4.90. The molecule has 0 aliphatic rings. The van der Waals surface area contributed by atoms with Crippen LogP contribution in [0.15, 0.2) is 78.0 Å². The Morgan fingerprint density at radius 1 is 1.00 bits per heavy atom. The molecule has 0 radical (unpaired) electrons. The molecule has 0 amide bonds. The number of benzene rings is 2. The number of fused-ring (bicyclic) bond motifs is 1. The molecule has 0 aliphatic heterocycles. The second-order valence-corrected chi connectivity index (χ2v) is 8.74. The van der Waals surface area contributed by atoms with Gasteiger partial charge in [0.05, 0.1) is 11.2 Å². The van der Waals surface area contributed by atoms with E-state index in [1.54, 1.807) is 48.7 Å². The summed E-state index contributed by atoms with van der Waals surface area (Å²) in [4.78, 5) is 19.3. The van der Waals surface area contributed by atoms with E-state index in [1.807, 2.05) is 19.1 Å². The number of carboxylic acids is 1. The number of carbonyl (C=O) groups is 1. The number of anilines is 1. The van der Waals surface area contributed by atoms with E-state index in [1.165, 1.54) is 12.3 Å². The third-order valence-corrected chi connectivity index (χ3v) is 6.44. The molecule has 2 N–H and O–H groups in total. The number of pyridine rings is 2. The van der Waals surface area contributed by atoms with Crippen LogP contribution in [0.5, 0.6) is 0 Å². The topological polar surface area (TPSA) is 109 Å². The van der Waals surface area contributed by atoms with Crippen molar-refractivity contribution in [3.63, 3.8) is 0 Å². The number of sulfonamides is 1. The SMILES string of the molecule is CCc1ccc2cccnc2c1S(=O)(=O)Nc1ccccc1C#Cc1ccc(C(=O)O)nc1. The van der Waals surface area contributed by atoms with Crippen molar-refractivity contribution in [1.29, 1.82) is 0 Å². The lowest BCUT2D eigenvalue weighted by molar-refractivity contribution is 0.0690. The van der Waals surface area contributed by atoms with Crippen molar-refractivity contribution in [2.45, 2.75) is 18.2 Å². The minimum atomic E-state index is -3.96. The quantitative estimate of drug-likeness (QED) is 0.437. The molecule has 8 heteroatoms. The molecule has 0 unspecified atom stereocenters. The average Bonchev–Trinajstić information content (AvgIpc) is 2.82. The van der Waals surface area contributed by atoms with Gasteiger partial charge in [-0.1, -0.05) is 49.1 Å². The molecule has 0 saturated carbocycles. The zero-order chi connectivity index (χ0) is 23.4. The fourth-order valence-electron chi connectivity index (χ4n) is 3.35. The van der Waals surface area contributed by atoms with Gasteiger partial charge in [0.1, 0.15) is 10.6 Å². The maximum Gasteiger partial charge on any atom is 0.354 e. The largest absolute Gasteiger partial charge is 0.477 e. The van der Waals surface area contributed by atoms with Gasteiger partial charge in [-0.3, -0.25) is 9.71 Å². The van der Waals surface area contributed by atoms with Gasteiger partial charge < -0.3 is 5.11 Å². The van der Waals surface area contributed by atoms with Crippen molar-refractivity contribution in [1.82, 2.24) is 9.97 Å². The number of carboxylic acid groups (broad SMARTS) is 1. The van der Waals surface area contributed by atoms with Gasteiger partial charge in [-0.2, -0.15) is 0 Å². The van der Waals surface area contributed by atoms with Crippen molar-refractivity contribution in [3.05, 3.63) is 95.4 Å². The standard InChI is InChI=1S/C25H19N3O4S/c1-2-18-12-13-20-7-5-15-26-23(20)24(18)33(31,32)28-21-8-4-3-6-19(21)11-9-17-10-14-22(25(29)30)27-16-17/h3-8,10,12-16,28H,2H2,1H3,(H,29,30). The maximum absolute atomic E-state index is 13.5. The predicted molar refractivity (Wildman–Crippen MR) is 126 cm³/mol. The Morgan fingerprint density at radius 3 is 2.55 bits per heavy atom. The van der Waals surface area contributed by atoms with E-state index in [9.17, 15) is 13.2 Å². The summed E-state index contributed by atoms with van der Waals surface area (Å²) < 4.78 is 29.6. The maximum atomic E-state index is 13.5. The Morgan fingerprint density at radius 2 is 1.82 bits per heavy atom. The number of hydrogen-bond acceptors (Lipinski definition) is 5. The Balaban J connectivity index is 1.72. The van der Waals surface area contributed by atoms with Crippen LogP contribution in [0, 0.1) is 11.8 Å². The van der Waals surface area contributed by atoms with Gasteiger partial charge in [0.15, 0.2) is 0 Å². The highest BCUT2D eigenvalue weighted by Gasteiger charge is 2.23. The Labute approximate surface area is 191 Å². The molecule has 7 nitrogen and oxygen atoms in total. The lowest BCUT2D eigenvalue weighted by atomic mass is 10.1. The molecular formula is C25H19N3O4S. The van der Waals surface area contributed by atoms with E-state index in [2.05, 4.69) is 26.5 Å². The van der Waals surface area contributed by atoms with Gasteiger partial charge in [0.2, 0.25) is 0 Å². The number of aromatic carboxylic acids is 1. The van der Waals surface area contributed by atoms with E-state index in [4.69, 9.17) is 5.11 Å². The van der Waals surface area contributed by atoms with E-state index in [0.717, 1.165) is 5.39 Å². The van der Waals surface area contributed by atoms with Crippen LogP contribution in [0.2, 0.25) is 0 Å². The van der Waals surface area contributed by atoms with Crippen LogP contribution in [0.3, 0.4) is 0 Å². The van der Waals surface area contributed by atoms with E-state index in [0.29, 0.717) is 34.3 Å². The molecule has 0 atom stereocenters. The second kappa shape index (κ2) is 9.10. The van der Waals surface area contributed by atoms with Crippen LogP contribution in [0.4, 0.5) is 5.69 Å². The van der Waals surface area contributed by atoms with E-state index >= 15 is 0 Å². The first-order valence-electron chi connectivity index (χ1n) is 10.1. The first kappa shape index (κ1) is 22.0. The number of nitrogens with zero attached hydrogens (tertiary/aromatic N) is 2. The summed E-state index contributed by atoms with van der Waals surface area (Å²) in [6.07, 6.45) is 3.46. The molecule has 4 aromatic rings. The summed E-state index contributed by atoms with van der Waals surface area (Å²) >= 11 is 0. The van der Waals surface area contributed by atoms with E-state index < -0.39 is 16.0 Å². The molecule has 0 spiro atoms. The van der Waals surface area contributed by atoms with Crippen LogP contribution < -0.4 is 4.72 Å². The minimum absolute atomic E-state index is 0.0795. The van der Waals surface area contributed by atoms with Gasteiger partial charge in [0.25, 0.3) is 10.0 Å². The number of hydrogen-bond donors (Lipinski definition) is 2. The van der Waals surface area contributed by atoms with Crippen LogP contribution in [0.1, 0.15) is 34.1 Å². The number of para-hydroxylation sites is 1. The summed E-state index contributed by atoms with van der Waals surface area (Å²) in [5.41, 5.74) is 2.30. The molecular weight excluding hydrogens is 438 g/mol. The third kappa shape index (κ3) is 4.68. The molecule has 0 aliphatic carbocycles. The molecule has 2 heterocycles. The summed E-state index contributed by atoms with van der Waals surface area (Å²) in [5.74, 6) is 4.71. The van der Waals surface area contributed by atoms with Gasteiger partial charge in [-0.05, 0) is 42.3 Å². The smallest absolute Gasteiger partial charge is 0.354 e. The highest BCUT2D eigenvalue weighted by Crippen LogP contribution is 2.28. The van der Waals surface area contributed by atoms with Crippen LogP contribution in [-0.4, -0.2) is 29.5 Å². The third-order valence-electron chi connectivity index (χ3n) is 4.95. The number of aryl methyl sites for hydroxylation is 1. The van der Waals surface area contributed by atoms with Gasteiger partial charge >= 0.3 is 5.97 Å². The zero-order valence-corrected chi connectivity index (χ0v) is 18.4. The lowest BCUT2D eigenvalue weighted by Gasteiger charge is -2.14. The number of aromatic nitrogens is 2. The monoisotopic (exact) mass is 457 g/mol. The van der Waals surface area contributed by atoms with Crippen molar-refractivity contribution in [2.24, 2.45) is 0 Å². The highest BCUT2D eigenvalue weighted by molar-refractivity contribution is 7.93. The molecule has 0 saturated heterocycles. The first-order chi connectivity index (χ1) is 15.9. The minimum Gasteiger partial charge on any atom is -0.477 e. The summed E-state index contributed by atoms with van der Waals surface area (Å²) in [7, 11) is -3.96. The molecule has 0 bridgehead atoms. The Kier molecular flexibility index (Phi) is 6.07. The normalized spacial score (nSPS) is 10.9. The second-order valence-electron chi connectivity index (χ2n) is 7.12. The van der Waals surface area contributed by atoms with Crippen LogP contribution in [0.25, 0.3) is 10.9 Å². The highest BCUT2D eigenvalue weighted by atomic mass is 32.2. The average molecular weight is 458 g/mol.